The lowest BCUT2D eigenvalue weighted by Gasteiger charge is -2.33. The van der Waals surface area contributed by atoms with Gasteiger partial charge in [0.15, 0.2) is 0 Å². The number of benzene rings is 1. The Balaban J connectivity index is 1.73. The Labute approximate surface area is 159 Å². The lowest BCUT2D eigenvalue weighted by molar-refractivity contribution is -0.128. The summed E-state index contributed by atoms with van der Waals surface area (Å²) in [6, 6.07) is 4.02. The molecule has 0 aliphatic heterocycles. The van der Waals surface area contributed by atoms with E-state index in [1.807, 2.05) is 0 Å². The van der Waals surface area contributed by atoms with Crippen LogP contribution < -0.4 is 10.6 Å². The first-order chi connectivity index (χ1) is 12.8. The average molecular weight is 373 g/mol. The number of carbonyl (C=O) groups is 2. The topological polar surface area (TPSA) is 74.0 Å². The van der Waals surface area contributed by atoms with E-state index in [2.05, 4.69) is 29.5 Å². The first kappa shape index (κ1) is 19.4. The Hall–Kier alpha value is -2.37. The first-order valence-corrected chi connectivity index (χ1v) is 9.66. The Kier molecular flexibility index (Phi) is 5.82. The molecule has 4 atom stereocenters. The number of aromatic nitrogens is 1. The standard InChI is InChI=1S/C21H28FN3O2/c1-12-4-6-17(8-13(12)2)25-21(27)20(24-14(3)26)9-15-11-23-19-10-16(22)5-7-18(15)19/h5,7,10-13,17,20,23H,4,6,8-9H2,1-3H3,(H,24,26)(H,25,27). The summed E-state index contributed by atoms with van der Waals surface area (Å²) in [5.74, 6) is 0.537. The summed E-state index contributed by atoms with van der Waals surface area (Å²) in [4.78, 5) is 27.5. The van der Waals surface area contributed by atoms with E-state index in [1.165, 1.54) is 19.1 Å². The van der Waals surface area contributed by atoms with Crippen LogP contribution in [-0.4, -0.2) is 28.9 Å². The Morgan fingerprint density at radius 2 is 2.04 bits per heavy atom. The van der Waals surface area contributed by atoms with Crippen LogP contribution >= 0.6 is 0 Å². The van der Waals surface area contributed by atoms with Gasteiger partial charge in [-0.25, -0.2) is 4.39 Å². The second-order valence-electron chi connectivity index (χ2n) is 7.93. The second-order valence-corrected chi connectivity index (χ2v) is 7.93. The number of nitrogens with one attached hydrogen (secondary N) is 3. The van der Waals surface area contributed by atoms with Gasteiger partial charge in [0, 0.05) is 36.5 Å². The maximum absolute atomic E-state index is 13.4. The molecule has 1 fully saturated rings. The third kappa shape index (κ3) is 4.67. The largest absolute Gasteiger partial charge is 0.361 e. The van der Waals surface area contributed by atoms with Crippen LogP contribution in [0.5, 0.6) is 0 Å². The minimum absolute atomic E-state index is 0.150. The highest BCUT2D eigenvalue weighted by molar-refractivity contribution is 5.89. The van der Waals surface area contributed by atoms with Gasteiger partial charge in [-0.2, -0.15) is 0 Å². The number of aromatic amines is 1. The molecular formula is C21H28FN3O2. The molecule has 0 saturated heterocycles. The molecule has 5 nitrogen and oxygen atoms in total. The number of hydrogen-bond acceptors (Lipinski definition) is 2. The maximum Gasteiger partial charge on any atom is 0.243 e. The molecule has 2 aromatic rings. The van der Waals surface area contributed by atoms with Gasteiger partial charge in [0.25, 0.3) is 0 Å². The lowest BCUT2D eigenvalue weighted by atomic mass is 9.79. The van der Waals surface area contributed by atoms with Gasteiger partial charge >= 0.3 is 0 Å². The molecule has 0 bridgehead atoms. The van der Waals surface area contributed by atoms with E-state index < -0.39 is 6.04 Å². The van der Waals surface area contributed by atoms with Crippen molar-refractivity contribution in [3.63, 3.8) is 0 Å². The summed E-state index contributed by atoms with van der Waals surface area (Å²) in [7, 11) is 0. The van der Waals surface area contributed by atoms with Crippen molar-refractivity contribution in [2.75, 3.05) is 0 Å². The Morgan fingerprint density at radius 1 is 1.26 bits per heavy atom. The molecule has 3 rings (SSSR count). The number of H-pyrrole nitrogens is 1. The normalized spacial score (nSPS) is 23.8. The molecule has 1 aliphatic carbocycles. The van der Waals surface area contributed by atoms with Crippen molar-refractivity contribution in [1.82, 2.24) is 15.6 Å². The molecule has 0 spiro atoms. The Morgan fingerprint density at radius 3 is 2.74 bits per heavy atom. The van der Waals surface area contributed by atoms with Crippen molar-refractivity contribution >= 4 is 22.7 Å². The van der Waals surface area contributed by atoms with Crippen LogP contribution in [0, 0.1) is 17.7 Å². The van der Waals surface area contributed by atoms with E-state index in [4.69, 9.17) is 0 Å². The number of fused-ring (bicyclic) bond motifs is 1. The van der Waals surface area contributed by atoms with Gasteiger partial charge in [0.2, 0.25) is 11.8 Å². The quantitative estimate of drug-likeness (QED) is 0.752. The fourth-order valence-corrected chi connectivity index (χ4v) is 3.98. The van der Waals surface area contributed by atoms with Crippen LogP contribution in [0.25, 0.3) is 10.9 Å². The fourth-order valence-electron chi connectivity index (χ4n) is 3.98. The highest BCUT2D eigenvalue weighted by Crippen LogP contribution is 2.29. The van der Waals surface area contributed by atoms with Crippen molar-refractivity contribution < 1.29 is 14.0 Å². The fraction of sp³-hybridized carbons (Fsp3) is 0.524. The van der Waals surface area contributed by atoms with Crippen LogP contribution in [0.2, 0.25) is 0 Å². The smallest absolute Gasteiger partial charge is 0.243 e. The molecule has 0 radical (unpaired) electrons. The van der Waals surface area contributed by atoms with Gasteiger partial charge < -0.3 is 15.6 Å². The van der Waals surface area contributed by atoms with E-state index in [0.29, 0.717) is 23.8 Å². The predicted molar refractivity (Wildman–Crippen MR) is 104 cm³/mol. The van der Waals surface area contributed by atoms with Gasteiger partial charge in [-0.05, 0) is 54.9 Å². The van der Waals surface area contributed by atoms with E-state index >= 15 is 0 Å². The van der Waals surface area contributed by atoms with Gasteiger partial charge in [-0.1, -0.05) is 13.8 Å². The van der Waals surface area contributed by atoms with Crippen molar-refractivity contribution in [3.05, 3.63) is 35.8 Å². The van der Waals surface area contributed by atoms with E-state index in [-0.39, 0.29) is 23.7 Å². The zero-order valence-electron chi connectivity index (χ0n) is 16.1. The monoisotopic (exact) mass is 373 g/mol. The lowest BCUT2D eigenvalue weighted by Crippen LogP contribution is -2.51. The summed E-state index contributed by atoms with van der Waals surface area (Å²) < 4.78 is 13.4. The molecule has 1 heterocycles. The summed E-state index contributed by atoms with van der Waals surface area (Å²) in [5, 5.41) is 6.75. The summed E-state index contributed by atoms with van der Waals surface area (Å²) in [6.07, 6.45) is 5.17. The number of rotatable bonds is 5. The van der Waals surface area contributed by atoms with Gasteiger partial charge in [0.05, 0.1) is 0 Å². The predicted octanol–water partition coefficient (Wildman–Crippen LogP) is 3.30. The average Bonchev–Trinajstić information content (AvgIpc) is 2.99. The molecule has 1 saturated carbocycles. The highest BCUT2D eigenvalue weighted by Gasteiger charge is 2.28. The molecule has 27 heavy (non-hydrogen) atoms. The van der Waals surface area contributed by atoms with Crippen molar-refractivity contribution in [1.29, 1.82) is 0 Å². The van der Waals surface area contributed by atoms with Crippen LogP contribution in [0.3, 0.4) is 0 Å². The second kappa shape index (κ2) is 8.11. The highest BCUT2D eigenvalue weighted by atomic mass is 19.1. The zero-order chi connectivity index (χ0) is 19.6. The van der Waals surface area contributed by atoms with Crippen molar-refractivity contribution in [3.8, 4) is 0 Å². The van der Waals surface area contributed by atoms with E-state index in [0.717, 1.165) is 30.2 Å². The molecule has 1 aromatic heterocycles. The first-order valence-electron chi connectivity index (χ1n) is 9.66. The number of halogens is 1. The SMILES string of the molecule is CC(=O)NC(Cc1c[nH]c2cc(F)ccc12)C(=O)NC1CCC(C)C(C)C1. The minimum atomic E-state index is -0.652. The van der Waals surface area contributed by atoms with Crippen molar-refractivity contribution in [2.45, 2.75) is 58.5 Å². The molecular weight excluding hydrogens is 345 g/mol. The number of hydrogen-bond donors (Lipinski definition) is 3. The molecule has 1 aromatic carbocycles. The number of carbonyl (C=O) groups excluding carboxylic acids is 2. The van der Waals surface area contributed by atoms with E-state index in [1.54, 1.807) is 12.3 Å². The van der Waals surface area contributed by atoms with Gasteiger partial charge in [0.1, 0.15) is 11.9 Å². The molecule has 2 amide bonds. The molecule has 4 unspecified atom stereocenters. The zero-order valence-corrected chi connectivity index (χ0v) is 16.1. The van der Waals surface area contributed by atoms with Crippen LogP contribution in [-0.2, 0) is 16.0 Å². The van der Waals surface area contributed by atoms with Crippen molar-refractivity contribution in [2.24, 2.45) is 11.8 Å². The van der Waals surface area contributed by atoms with Crippen LogP contribution in [0.1, 0.15) is 45.6 Å². The summed E-state index contributed by atoms with van der Waals surface area (Å²) in [5.41, 5.74) is 1.56. The molecule has 146 valence electrons. The third-order valence-corrected chi connectivity index (χ3v) is 5.79. The third-order valence-electron chi connectivity index (χ3n) is 5.79. The van der Waals surface area contributed by atoms with Crippen LogP contribution in [0.15, 0.2) is 24.4 Å². The summed E-state index contributed by atoms with van der Waals surface area (Å²) >= 11 is 0. The summed E-state index contributed by atoms with van der Waals surface area (Å²) in [6.45, 7) is 5.89. The van der Waals surface area contributed by atoms with Gasteiger partial charge in [-0.15, -0.1) is 0 Å². The molecule has 6 heteroatoms. The molecule has 1 aliphatic rings. The van der Waals surface area contributed by atoms with Crippen LogP contribution in [0.4, 0.5) is 4.39 Å². The number of amides is 2. The molecule has 3 N–H and O–H groups in total. The Bertz CT molecular complexity index is 832. The van der Waals surface area contributed by atoms with E-state index in [9.17, 15) is 14.0 Å². The maximum atomic E-state index is 13.4. The van der Waals surface area contributed by atoms with Gasteiger partial charge in [-0.3, -0.25) is 9.59 Å². The minimum Gasteiger partial charge on any atom is -0.361 e.